The van der Waals surface area contributed by atoms with Gasteiger partial charge in [-0.2, -0.15) is 0 Å². The lowest BCUT2D eigenvalue weighted by molar-refractivity contribution is -0.113. The second-order valence-electron chi connectivity index (χ2n) is 6.40. The molecule has 0 unspecified atom stereocenters. The van der Waals surface area contributed by atoms with Crippen molar-refractivity contribution in [2.75, 3.05) is 5.32 Å². The highest BCUT2D eigenvalue weighted by molar-refractivity contribution is 9.10. The summed E-state index contributed by atoms with van der Waals surface area (Å²) in [4.78, 5) is 41.2. The largest absolute Gasteiger partial charge is 0.321 e. The van der Waals surface area contributed by atoms with Crippen LogP contribution in [0.15, 0.2) is 83.2 Å². The predicted octanol–water partition coefficient (Wildman–Crippen LogP) is 4.46. The summed E-state index contributed by atoms with van der Waals surface area (Å²) in [7, 11) is 0. The lowest BCUT2D eigenvalue weighted by Crippen LogP contribution is -2.30. The normalized spacial score (nSPS) is 10.9. The fourth-order valence-corrected chi connectivity index (χ4v) is 3.02. The van der Waals surface area contributed by atoms with Crippen molar-refractivity contribution in [1.82, 2.24) is 10.3 Å². The zero-order valence-corrected chi connectivity index (χ0v) is 17.6. The van der Waals surface area contributed by atoms with Crippen molar-refractivity contribution in [2.45, 2.75) is 6.92 Å². The van der Waals surface area contributed by atoms with Gasteiger partial charge < -0.3 is 10.6 Å². The lowest BCUT2D eigenvalue weighted by Gasteiger charge is -2.12. The molecule has 0 aliphatic heterocycles. The number of hydrogen-bond donors (Lipinski definition) is 2. The Balaban J connectivity index is 1.88. The molecule has 1 heterocycles. The van der Waals surface area contributed by atoms with Gasteiger partial charge in [0.15, 0.2) is 5.78 Å². The Bertz CT molecular complexity index is 1130. The van der Waals surface area contributed by atoms with Crippen molar-refractivity contribution in [3.8, 4) is 0 Å². The van der Waals surface area contributed by atoms with E-state index in [1.165, 1.54) is 13.0 Å². The van der Waals surface area contributed by atoms with Gasteiger partial charge in [0.1, 0.15) is 5.70 Å². The average Bonchev–Trinajstić information content (AvgIpc) is 2.74. The van der Waals surface area contributed by atoms with Crippen LogP contribution in [0.1, 0.15) is 33.2 Å². The number of rotatable bonds is 6. The molecular weight excluding hydrogens is 446 g/mol. The van der Waals surface area contributed by atoms with Crippen molar-refractivity contribution in [3.63, 3.8) is 0 Å². The summed E-state index contributed by atoms with van der Waals surface area (Å²) >= 11 is 3.33. The molecule has 0 radical (unpaired) electrons. The fourth-order valence-electron chi connectivity index (χ4n) is 2.62. The van der Waals surface area contributed by atoms with Crippen LogP contribution in [-0.2, 0) is 4.79 Å². The van der Waals surface area contributed by atoms with Gasteiger partial charge in [-0.05, 0) is 55.0 Å². The van der Waals surface area contributed by atoms with Gasteiger partial charge in [0.2, 0.25) is 0 Å². The number of nitrogens with one attached hydrogen (secondary N) is 2. The van der Waals surface area contributed by atoms with Crippen molar-refractivity contribution < 1.29 is 14.4 Å². The number of anilines is 1. The minimum atomic E-state index is -0.525. The molecule has 30 heavy (non-hydrogen) atoms. The number of aromatic nitrogens is 1. The molecule has 7 heteroatoms. The molecule has 0 atom stereocenters. The van der Waals surface area contributed by atoms with Crippen LogP contribution in [0, 0.1) is 0 Å². The van der Waals surface area contributed by atoms with Crippen LogP contribution < -0.4 is 10.6 Å². The van der Waals surface area contributed by atoms with E-state index in [2.05, 4.69) is 31.5 Å². The number of ketones is 1. The zero-order chi connectivity index (χ0) is 21.5. The second-order valence-corrected chi connectivity index (χ2v) is 7.32. The van der Waals surface area contributed by atoms with E-state index in [1.54, 1.807) is 73.1 Å². The van der Waals surface area contributed by atoms with E-state index in [0.29, 0.717) is 22.4 Å². The van der Waals surface area contributed by atoms with Gasteiger partial charge >= 0.3 is 0 Å². The first-order valence-corrected chi connectivity index (χ1v) is 9.82. The van der Waals surface area contributed by atoms with Crippen LogP contribution in [0.5, 0.6) is 0 Å². The monoisotopic (exact) mass is 463 g/mol. The molecule has 3 aromatic rings. The Morgan fingerprint density at radius 2 is 1.73 bits per heavy atom. The van der Waals surface area contributed by atoms with E-state index in [1.807, 2.05) is 0 Å². The summed E-state index contributed by atoms with van der Waals surface area (Å²) < 4.78 is 0.749. The van der Waals surface area contributed by atoms with E-state index >= 15 is 0 Å². The molecule has 0 aliphatic rings. The Hall–Kier alpha value is -3.58. The van der Waals surface area contributed by atoms with Gasteiger partial charge in [0.25, 0.3) is 11.8 Å². The van der Waals surface area contributed by atoms with Crippen LogP contribution in [0.2, 0.25) is 0 Å². The molecule has 2 amide bonds. The highest BCUT2D eigenvalue weighted by Gasteiger charge is 2.16. The number of pyridine rings is 1. The zero-order valence-electron chi connectivity index (χ0n) is 16.1. The number of Topliss-reactive ketones (excluding diaryl/α,β-unsaturated/α-hetero) is 1. The first-order chi connectivity index (χ1) is 14.4. The Morgan fingerprint density at radius 3 is 2.43 bits per heavy atom. The van der Waals surface area contributed by atoms with E-state index < -0.39 is 11.8 Å². The molecule has 0 saturated carbocycles. The third-order valence-electron chi connectivity index (χ3n) is 4.10. The minimum Gasteiger partial charge on any atom is -0.321 e. The van der Waals surface area contributed by atoms with Gasteiger partial charge in [-0.15, -0.1) is 0 Å². The van der Waals surface area contributed by atoms with Gasteiger partial charge in [-0.25, -0.2) is 0 Å². The van der Waals surface area contributed by atoms with Crippen LogP contribution in [0.3, 0.4) is 0 Å². The number of halogens is 1. The molecule has 150 valence electrons. The molecule has 2 N–H and O–H groups in total. The van der Waals surface area contributed by atoms with Crippen LogP contribution in [0.25, 0.3) is 6.08 Å². The van der Waals surface area contributed by atoms with Crippen molar-refractivity contribution in [1.29, 1.82) is 0 Å². The first-order valence-electron chi connectivity index (χ1n) is 9.03. The van der Waals surface area contributed by atoms with Crippen molar-refractivity contribution in [2.24, 2.45) is 0 Å². The number of hydrogen-bond acceptors (Lipinski definition) is 4. The molecule has 2 aromatic carbocycles. The van der Waals surface area contributed by atoms with Gasteiger partial charge in [0, 0.05) is 33.7 Å². The maximum absolute atomic E-state index is 12.9. The highest BCUT2D eigenvalue weighted by Crippen LogP contribution is 2.15. The Kier molecular flexibility index (Phi) is 6.87. The average molecular weight is 464 g/mol. The quantitative estimate of drug-likeness (QED) is 0.417. The summed E-state index contributed by atoms with van der Waals surface area (Å²) in [6.07, 6.45) is 4.73. The van der Waals surface area contributed by atoms with Gasteiger partial charge in [0.05, 0.1) is 0 Å². The third kappa shape index (κ3) is 5.71. The number of carbonyl (C=O) groups is 3. The van der Waals surface area contributed by atoms with Crippen LogP contribution in [0.4, 0.5) is 5.69 Å². The molecule has 0 fully saturated rings. The SMILES string of the molecule is CC(=O)c1cccc(NC(=O)C(=Cc2cccnc2)NC(=O)c2cccc(Br)c2)c1. The molecule has 3 rings (SSSR count). The summed E-state index contributed by atoms with van der Waals surface area (Å²) in [5.74, 6) is -1.07. The number of carbonyl (C=O) groups excluding carboxylic acids is 3. The van der Waals surface area contributed by atoms with Crippen LogP contribution in [-0.4, -0.2) is 22.6 Å². The number of benzene rings is 2. The molecule has 6 nitrogen and oxygen atoms in total. The molecule has 0 spiro atoms. The van der Waals surface area contributed by atoms with E-state index in [9.17, 15) is 14.4 Å². The third-order valence-corrected chi connectivity index (χ3v) is 4.60. The lowest BCUT2D eigenvalue weighted by atomic mass is 10.1. The molecule has 0 bridgehead atoms. The van der Waals surface area contributed by atoms with Gasteiger partial charge in [-0.3, -0.25) is 19.4 Å². The fraction of sp³-hybridized carbons (Fsp3) is 0.0435. The van der Waals surface area contributed by atoms with Crippen LogP contribution >= 0.6 is 15.9 Å². The second kappa shape index (κ2) is 9.76. The number of nitrogens with zero attached hydrogens (tertiary/aromatic N) is 1. The highest BCUT2D eigenvalue weighted by atomic mass is 79.9. The first kappa shape index (κ1) is 21.1. The van der Waals surface area contributed by atoms with E-state index in [-0.39, 0.29) is 11.5 Å². The summed E-state index contributed by atoms with van der Waals surface area (Å²) in [6.45, 7) is 1.45. The summed E-state index contributed by atoms with van der Waals surface area (Å²) in [5.41, 5.74) is 2.01. The Morgan fingerprint density at radius 1 is 0.967 bits per heavy atom. The van der Waals surface area contributed by atoms with E-state index in [4.69, 9.17) is 0 Å². The standard InChI is InChI=1S/C23H18BrN3O3/c1-15(28)17-6-3-9-20(13-17)26-23(30)21(11-16-5-4-10-25-14-16)27-22(29)18-7-2-8-19(24)12-18/h2-14H,1H3,(H,26,30)(H,27,29). The maximum Gasteiger partial charge on any atom is 0.272 e. The predicted molar refractivity (Wildman–Crippen MR) is 119 cm³/mol. The molecule has 0 aliphatic carbocycles. The van der Waals surface area contributed by atoms with Crippen molar-refractivity contribution in [3.05, 3.63) is 99.9 Å². The smallest absolute Gasteiger partial charge is 0.272 e. The van der Waals surface area contributed by atoms with Crippen molar-refractivity contribution >= 4 is 45.3 Å². The maximum atomic E-state index is 12.9. The summed E-state index contributed by atoms with van der Waals surface area (Å²) in [6, 6.07) is 16.9. The summed E-state index contributed by atoms with van der Waals surface area (Å²) in [5, 5.41) is 5.38. The molecule has 0 saturated heterocycles. The molecule has 1 aromatic heterocycles. The number of amides is 2. The van der Waals surface area contributed by atoms with Gasteiger partial charge in [-0.1, -0.05) is 40.2 Å². The molecular formula is C23H18BrN3O3. The minimum absolute atomic E-state index is 0.0428. The van der Waals surface area contributed by atoms with E-state index in [0.717, 1.165) is 4.47 Å². The Labute approximate surface area is 182 Å². The topological polar surface area (TPSA) is 88.2 Å².